The molecule has 0 aliphatic rings. The van der Waals surface area contributed by atoms with Gasteiger partial charge in [0.05, 0.1) is 12.6 Å². The highest BCUT2D eigenvalue weighted by molar-refractivity contribution is 5.43. The molecule has 2 nitrogen and oxygen atoms in total. The van der Waals surface area contributed by atoms with Crippen molar-refractivity contribution in [2.45, 2.75) is 26.9 Å². The summed E-state index contributed by atoms with van der Waals surface area (Å²) in [4.78, 5) is 0. The third-order valence-electron chi connectivity index (χ3n) is 1.87. The molecule has 0 saturated heterocycles. The molecule has 0 aromatic heterocycles. The van der Waals surface area contributed by atoms with Crippen molar-refractivity contribution >= 4 is 0 Å². The van der Waals surface area contributed by atoms with E-state index in [1.807, 2.05) is 39.0 Å². The maximum atomic E-state index is 5.63. The van der Waals surface area contributed by atoms with Gasteiger partial charge in [-0.1, -0.05) is 11.8 Å². The predicted molar refractivity (Wildman–Crippen MR) is 62.9 cm³/mol. The van der Waals surface area contributed by atoms with Gasteiger partial charge in [-0.25, -0.2) is 0 Å². The second-order valence-corrected chi connectivity index (χ2v) is 3.65. The molecule has 2 N–H and O–H groups in total. The van der Waals surface area contributed by atoms with Gasteiger partial charge in [-0.2, -0.15) is 0 Å². The Morgan fingerprint density at radius 2 is 2.13 bits per heavy atom. The lowest BCUT2D eigenvalue weighted by molar-refractivity contribution is 0.241. The lowest BCUT2D eigenvalue weighted by Crippen LogP contribution is -2.06. The molecule has 2 heteroatoms. The predicted octanol–water partition coefficient (Wildman–Crippen LogP) is 2.09. The van der Waals surface area contributed by atoms with E-state index in [-0.39, 0.29) is 6.10 Å². The zero-order valence-electron chi connectivity index (χ0n) is 9.50. The Morgan fingerprint density at radius 1 is 1.40 bits per heavy atom. The van der Waals surface area contributed by atoms with Crippen molar-refractivity contribution in [3.63, 3.8) is 0 Å². The SMILES string of the molecule is Cc1cc(C#CCN)ccc1OC(C)C. The molecule has 15 heavy (non-hydrogen) atoms. The Hall–Kier alpha value is -1.46. The molecular formula is C13H17NO. The molecular weight excluding hydrogens is 186 g/mol. The zero-order valence-corrected chi connectivity index (χ0v) is 9.50. The highest BCUT2D eigenvalue weighted by Gasteiger charge is 2.01. The highest BCUT2D eigenvalue weighted by atomic mass is 16.5. The third kappa shape index (κ3) is 3.65. The Labute approximate surface area is 91.4 Å². The van der Waals surface area contributed by atoms with Crippen LogP contribution < -0.4 is 10.5 Å². The smallest absolute Gasteiger partial charge is 0.122 e. The molecule has 0 unspecified atom stereocenters. The standard InChI is InChI=1S/C13H17NO/c1-10(2)15-13-7-6-12(5-4-8-14)9-11(13)3/h6-7,9-10H,8,14H2,1-3H3. The van der Waals surface area contributed by atoms with Gasteiger partial charge in [0.1, 0.15) is 5.75 Å². The van der Waals surface area contributed by atoms with Crippen molar-refractivity contribution in [1.82, 2.24) is 0 Å². The van der Waals surface area contributed by atoms with Crippen molar-refractivity contribution in [2.75, 3.05) is 6.54 Å². The Bertz CT molecular complexity index is 385. The summed E-state index contributed by atoms with van der Waals surface area (Å²) in [5, 5.41) is 0. The van der Waals surface area contributed by atoms with Crippen LogP contribution in [0.25, 0.3) is 0 Å². The van der Waals surface area contributed by atoms with Crippen molar-refractivity contribution in [1.29, 1.82) is 0 Å². The second kappa shape index (κ2) is 5.43. The van der Waals surface area contributed by atoms with Crippen LogP contribution in [0.15, 0.2) is 18.2 Å². The van der Waals surface area contributed by atoms with Gasteiger partial charge in [0.15, 0.2) is 0 Å². The Kier molecular flexibility index (Phi) is 4.20. The quantitative estimate of drug-likeness (QED) is 0.747. The molecule has 0 atom stereocenters. The van der Waals surface area contributed by atoms with E-state index in [0.29, 0.717) is 6.54 Å². The number of ether oxygens (including phenoxy) is 1. The molecule has 0 fully saturated rings. The van der Waals surface area contributed by atoms with E-state index in [1.54, 1.807) is 0 Å². The van der Waals surface area contributed by atoms with Crippen molar-refractivity contribution in [3.05, 3.63) is 29.3 Å². The van der Waals surface area contributed by atoms with Gasteiger partial charge in [-0.05, 0) is 44.5 Å². The first kappa shape index (κ1) is 11.6. The number of hydrogen-bond donors (Lipinski definition) is 1. The average Bonchev–Trinajstić information content (AvgIpc) is 2.18. The first-order chi connectivity index (χ1) is 7.13. The van der Waals surface area contributed by atoms with Gasteiger partial charge in [0.25, 0.3) is 0 Å². The fraction of sp³-hybridized carbons (Fsp3) is 0.385. The number of nitrogens with two attached hydrogens (primary N) is 1. The van der Waals surface area contributed by atoms with Crippen molar-refractivity contribution in [3.8, 4) is 17.6 Å². The monoisotopic (exact) mass is 203 g/mol. The molecule has 0 heterocycles. The summed E-state index contributed by atoms with van der Waals surface area (Å²) < 4.78 is 5.63. The van der Waals surface area contributed by atoms with Crippen LogP contribution in [0.3, 0.4) is 0 Å². The van der Waals surface area contributed by atoms with Gasteiger partial charge >= 0.3 is 0 Å². The minimum Gasteiger partial charge on any atom is -0.491 e. The topological polar surface area (TPSA) is 35.2 Å². The average molecular weight is 203 g/mol. The van der Waals surface area contributed by atoms with E-state index < -0.39 is 0 Å². The largest absolute Gasteiger partial charge is 0.491 e. The van der Waals surface area contributed by atoms with Crippen molar-refractivity contribution in [2.24, 2.45) is 5.73 Å². The molecule has 0 saturated carbocycles. The van der Waals surface area contributed by atoms with Crippen LogP contribution in [-0.4, -0.2) is 12.6 Å². The molecule has 1 rings (SSSR count). The van der Waals surface area contributed by atoms with E-state index in [9.17, 15) is 0 Å². The van der Waals surface area contributed by atoms with Gasteiger partial charge in [0.2, 0.25) is 0 Å². The van der Waals surface area contributed by atoms with E-state index in [4.69, 9.17) is 10.5 Å². The lowest BCUT2D eigenvalue weighted by atomic mass is 10.1. The lowest BCUT2D eigenvalue weighted by Gasteiger charge is -2.12. The highest BCUT2D eigenvalue weighted by Crippen LogP contribution is 2.19. The molecule has 1 aromatic carbocycles. The third-order valence-corrected chi connectivity index (χ3v) is 1.87. The van der Waals surface area contributed by atoms with Crippen LogP contribution in [0.2, 0.25) is 0 Å². The van der Waals surface area contributed by atoms with E-state index in [1.165, 1.54) is 0 Å². The summed E-state index contributed by atoms with van der Waals surface area (Å²) in [5.41, 5.74) is 7.40. The van der Waals surface area contributed by atoms with Crippen LogP contribution in [-0.2, 0) is 0 Å². The Morgan fingerprint density at radius 3 is 2.67 bits per heavy atom. The van der Waals surface area contributed by atoms with Crippen LogP contribution in [0.5, 0.6) is 5.75 Å². The van der Waals surface area contributed by atoms with Gasteiger partial charge in [-0.3, -0.25) is 0 Å². The number of aryl methyl sites for hydroxylation is 1. The molecule has 0 bridgehead atoms. The van der Waals surface area contributed by atoms with Crippen LogP contribution in [0.1, 0.15) is 25.0 Å². The zero-order chi connectivity index (χ0) is 11.3. The van der Waals surface area contributed by atoms with Crippen LogP contribution in [0.4, 0.5) is 0 Å². The fourth-order valence-electron chi connectivity index (χ4n) is 1.27. The summed E-state index contributed by atoms with van der Waals surface area (Å²) in [6.07, 6.45) is 0.199. The Balaban J connectivity index is 2.88. The number of benzene rings is 1. The molecule has 0 spiro atoms. The van der Waals surface area contributed by atoms with E-state index in [2.05, 4.69) is 11.8 Å². The summed E-state index contributed by atoms with van der Waals surface area (Å²) in [6, 6.07) is 5.92. The maximum absolute atomic E-state index is 5.63. The number of rotatable bonds is 2. The van der Waals surface area contributed by atoms with Gasteiger partial charge in [-0.15, -0.1) is 0 Å². The molecule has 1 aromatic rings. The molecule has 0 aliphatic heterocycles. The first-order valence-corrected chi connectivity index (χ1v) is 5.09. The van der Waals surface area contributed by atoms with Crippen molar-refractivity contribution < 1.29 is 4.74 Å². The summed E-state index contributed by atoms with van der Waals surface area (Å²) in [6.45, 7) is 6.44. The first-order valence-electron chi connectivity index (χ1n) is 5.09. The van der Waals surface area contributed by atoms with Crippen LogP contribution in [0, 0.1) is 18.8 Å². The minimum atomic E-state index is 0.199. The molecule has 0 aliphatic carbocycles. The van der Waals surface area contributed by atoms with Gasteiger partial charge < -0.3 is 10.5 Å². The van der Waals surface area contributed by atoms with Crippen LogP contribution >= 0.6 is 0 Å². The maximum Gasteiger partial charge on any atom is 0.122 e. The van der Waals surface area contributed by atoms with E-state index >= 15 is 0 Å². The number of hydrogen-bond acceptors (Lipinski definition) is 2. The minimum absolute atomic E-state index is 0.199. The molecule has 0 radical (unpaired) electrons. The second-order valence-electron chi connectivity index (χ2n) is 3.65. The van der Waals surface area contributed by atoms with E-state index in [0.717, 1.165) is 16.9 Å². The molecule has 0 amide bonds. The van der Waals surface area contributed by atoms with Gasteiger partial charge in [0, 0.05) is 5.56 Å². The fourth-order valence-corrected chi connectivity index (χ4v) is 1.27. The normalized spacial score (nSPS) is 9.67. The molecule has 80 valence electrons. The summed E-state index contributed by atoms with van der Waals surface area (Å²) >= 11 is 0. The summed E-state index contributed by atoms with van der Waals surface area (Å²) in [5.74, 6) is 6.74. The summed E-state index contributed by atoms with van der Waals surface area (Å²) in [7, 11) is 0.